The van der Waals surface area contributed by atoms with Gasteiger partial charge in [-0.1, -0.05) is 12.1 Å². The fourth-order valence-electron chi connectivity index (χ4n) is 3.68. The Labute approximate surface area is 188 Å². The molecule has 0 unspecified atom stereocenters. The molecule has 2 heterocycles. The van der Waals surface area contributed by atoms with Crippen LogP contribution in [0.1, 0.15) is 23.7 Å². The molecule has 4 rings (SSSR count). The van der Waals surface area contributed by atoms with E-state index in [2.05, 4.69) is 4.98 Å². The lowest BCUT2D eigenvalue weighted by molar-refractivity contribution is -0.139. The highest BCUT2D eigenvalue weighted by Crippen LogP contribution is 2.28. The molecule has 0 aliphatic carbocycles. The lowest BCUT2D eigenvalue weighted by atomic mass is 10.1. The Hall–Kier alpha value is -3.75. The average molecular weight is 457 g/mol. The summed E-state index contributed by atoms with van der Waals surface area (Å²) in [5.41, 5.74) is 2.18. The number of nitrogens with zero attached hydrogens (tertiary/aromatic N) is 3. The van der Waals surface area contributed by atoms with Crippen LogP contribution in [0.15, 0.2) is 48.6 Å². The molecule has 172 valence electrons. The van der Waals surface area contributed by atoms with Crippen molar-refractivity contribution < 1.29 is 27.4 Å². The molecule has 1 amide bonds. The minimum atomic E-state index is -1.56. The Kier molecular flexibility index (Phi) is 6.13. The Morgan fingerprint density at radius 1 is 1.21 bits per heavy atom. The standard InChI is InChI=1S/C24H22F3N3O3/c1-14-10-30(13-28-14)19-7-4-16(8-20(19)32-3)9-21-24(31)29(11-15(2)33-21)12-17-5-6-18(25)23(27)22(17)26/h4-10,13,15H,11-12H2,1-3H3/t15-/m0/s1. The molecule has 1 aromatic heterocycles. The van der Waals surface area contributed by atoms with Crippen molar-refractivity contribution in [2.75, 3.05) is 13.7 Å². The van der Waals surface area contributed by atoms with Crippen molar-refractivity contribution in [3.05, 3.63) is 82.9 Å². The van der Waals surface area contributed by atoms with Crippen molar-refractivity contribution in [2.45, 2.75) is 26.5 Å². The van der Waals surface area contributed by atoms with Crippen molar-refractivity contribution in [2.24, 2.45) is 0 Å². The molecule has 3 aromatic rings. The molecule has 0 radical (unpaired) electrons. The van der Waals surface area contributed by atoms with Gasteiger partial charge in [-0.15, -0.1) is 0 Å². The number of rotatable bonds is 5. The molecule has 2 aromatic carbocycles. The third-order valence-corrected chi connectivity index (χ3v) is 5.27. The van der Waals surface area contributed by atoms with Gasteiger partial charge in [0.1, 0.15) is 11.9 Å². The summed E-state index contributed by atoms with van der Waals surface area (Å²) in [6.07, 6.45) is 4.73. The molecule has 1 fully saturated rings. The van der Waals surface area contributed by atoms with Gasteiger partial charge < -0.3 is 18.9 Å². The van der Waals surface area contributed by atoms with Gasteiger partial charge in [0, 0.05) is 18.3 Å². The van der Waals surface area contributed by atoms with E-state index >= 15 is 0 Å². The summed E-state index contributed by atoms with van der Waals surface area (Å²) in [5, 5.41) is 0. The smallest absolute Gasteiger partial charge is 0.289 e. The first-order valence-electron chi connectivity index (χ1n) is 10.3. The molecule has 1 aliphatic rings. The Balaban J connectivity index is 1.61. The van der Waals surface area contributed by atoms with Gasteiger partial charge in [-0.25, -0.2) is 18.2 Å². The summed E-state index contributed by atoms with van der Waals surface area (Å²) in [4.78, 5) is 18.5. The number of hydrogen-bond donors (Lipinski definition) is 0. The van der Waals surface area contributed by atoms with Crippen molar-refractivity contribution in [3.8, 4) is 11.4 Å². The zero-order valence-electron chi connectivity index (χ0n) is 18.3. The van der Waals surface area contributed by atoms with E-state index in [1.165, 1.54) is 4.90 Å². The van der Waals surface area contributed by atoms with Crippen molar-refractivity contribution in [1.82, 2.24) is 14.5 Å². The minimum Gasteiger partial charge on any atom is -0.495 e. The second-order valence-electron chi connectivity index (χ2n) is 7.81. The quantitative estimate of drug-likeness (QED) is 0.421. The van der Waals surface area contributed by atoms with Crippen molar-refractivity contribution >= 4 is 12.0 Å². The summed E-state index contributed by atoms with van der Waals surface area (Å²) in [5.74, 6) is -3.99. The summed E-state index contributed by atoms with van der Waals surface area (Å²) in [6, 6.07) is 7.36. The number of carbonyl (C=O) groups excluding carboxylic acids is 1. The average Bonchev–Trinajstić information content (AvgIpc) is 3.23. The number of aromatic nitrogens is 2. The van der Waals surface area contributed by atoms with Gasteiger partial charge in [0.05, 0.1) is 31.4 Å². The van der Waals surface area contributed by atoms with Crippen LogP contribution in [0.25, 0.3) is 11.8 Å². The van der Waals surface area contributed by atoms with Gasteiger partial charge >= 0.3 is 0 Å². The largest absolute Gasteiger partial charge is 0.495 e. The molecule has 6 nitrogen and oxygen atoms in total. The number of hydrogen-bond acceptors (Lipinski definition) is 4. The SMILES string of the molecule is COc1cc(C=C2O[C@@H](C)CN(Cc3ccc(F)c(F)c3F)C2=O)ccc1-n1cnc(C)c1. The second kappa shape index (κ2) is 9.01. The van der Waals surface area contributed by atoms with E-state index in [0.717, 1.165) is 23.5 Å². The van der Waals surface area contributed by atoms with Gasteiger partial charge in [0.2, 0.25) is 0 Å². The first-order chi connectivity index (χ1) is 15.8. The first-order valence-corrected chi connectivity index (χ1v) is 10.3. The maximum atomic E-state index is 14.1. The highest BCUT2D eigenvalue weighted by molar-refractivity contribution is 5.96. The number of carbonyl (C=O) groups is 1. The lowest BCUT2D eigenvalue weighted by Gasteiger charge is -2.33. The van der Waals surface area contributed by atoms with E-state index in [1.54, 1.807) is 38.6 Å². The molecular weight excluding hydrogens is 435 g/mol. The van der Waals surface area contributed by atoms with E-state index in [1.807, 2.05) is 23.8 Å². The number of halogens is 3. The van der Waals surface area contributed by atoms with E-state index in [4.69, 9.17) is 9.47 Å². The molecule has 0 spiro atoms. The highest BCUT2D eigenvalue weighted by Gasteiger charge is 2.30. The molecule has 0 saturated carbocycles. The van der Waals surface area contributed by atoms with Crippen LogP contribution in [0, 0.1) is 24.4 Å². The first kappa shape index (κ1) is 22.4. The summed E-state index contributed by atoms with van der Waals surface area (Å²) in [6.45, 7) is 3.61. The maximum absolute atomic E-state index is 14.1. The Morgan fingerprint density at radius 3 is 2.70 bits per heavy atom. The van der Waals surface area contributed by atoms with E-state index in [9.17, 15) is 18.0 Å². The van der Waals surface area contributed by atoms with Crippen LogP contribution in [0.3, 0.4) is 0 Å². The molecule has 1 saturated heterocycles. The zero-order valence-corrected chi connectivity index (χ0v) is 18.3. The molecule has 0 bridgehead atoms. The van der Waals surface area contributed by atoms with Crippen LogP contribution < -0.4 is 4.74 Å². The van der Waals surface area contributed by atoms with Crippen LogP contribution in [0.5, 0.6) is 5.75 Å². The Bertz CT molecular complexity index is 1240. The number of methoxy groups -OCH3 is 1. The number of aryl methyl sites for hydroxylation is 1. The lowest BCUT2D eigenvalue weighted by Crippen LogP contribution is -2.43. The number of amides is 1. The van der Waals surface area contributed by atoms with Crippen LogP contribution >= 0.6 is 0 Å². The third-order valence-electron chi connectivity index (χ3n) is 5.27. The normalized spacial score (nSPS) is 17.4. The molecule has 9 heteroatoms. The second-order valence-corrected chi connectivity index (χ2v) is 7.81. The highest BCUT2D eigenvalue weighted by atomic mass is 19.2. The molecule has 1 atom stereocenters. The minimum absolute atomic E-state index is 0.0602. The van der Waals surface area contributed by atoms with Crippen LogP contribution in [-0.2, 0) is 16.1 Å². The van der Waals surface area contributed by atoms with Gasteiger partial charge in [0.25, 0.3) is 5.91 Å². The predicted molar refractivity (Wildman–Crippen MR) is 115 cm³/mol. The maximum Gasteiger partial charge on any atom is 0.289 e. The number of morpholine rings is 1. The van der Waals surface area contributed by atoms with Crippen LogP contribution in [0.2, 0.25) is 0 Å². The number of benzene rings is 2. The number of ether oxygens (including phenoxy) is 2. The third kappa shape index (κ3) is 4.57. The topological polar surface area (TPSA) is 56.6 Å². The fourth-order valence-corrected chi connectivity index (χ4v) is 3.68. The number of imidazole rings is 1. The van der Waals surface area contributed by atoms with Crippen molar-refractivity contribution in [1.29, 1.82) is 0 Å². The molecule has 0 N–H and O–H groups in total. The monoisotopic (exact) mass is 457 g/mol. The van der Waals surface area contributed by atoms with Gasteiger partial charge in [-0.05, 0) is 43.7 Å². The van der Waals surface area contributed by atoms with Gasteiger partial charge in [0.15, 0.2) is 23.2 Å². The fraction of sp³-hybridized carbons (Fsp3) is 0.250. The molecule has 1 aliphatic heterocycles. The van der Waals surface area contributed by atoms with Crippen molar-refractivity contribution in [3.63, 3.8) is 0 Å². The molecule has 33 heavy (non-hydrogen) atoms. The molecular formula is C24H22F3N3O3. The summed E-state index contributed by atoms with van der Waals surface area (Å²) >= 11 is 0. The summed E-state index contributed by atoms with van der Waals surface area (Å²) < 4.78 is 54.0. The van der Waals surface area contributed by atoms with Crippen LogP contribution in [-0.4, -0.2) is 40.1 Å². The van der Waals surface area contributed by atoms with E-state index < -0.39 is 23.4 Å². The van der Waals surface area contributed by atoms with Gasteiger partial charge in [-0.3, -0.25) is 4.79 Å². The van der Waals surface area contributed by atoms with E-state index in [-0.39, 0.29) is 30.5 Å². The van der Waals surface area contributed by atoms with Gasteiger partial charge in [-0.2, -0.15) is 0 Å². The Morgan fingerprint density at radius 2 is 2.00 bits per heavy atom. The van der Waals surface area contributed by atoms with E-state index in [0.29, 0.717) is 11.3 Å². The van der Waals surface area contributed by atoms with Crippen LogP contribution in [0.4, 0.5) is 13.2 Å². The predicted octanol–water partition coefficient (Wildman–Crippen LogP) is 4.40. The summed E-state index contributed by atoms with van der Waals surface area (Å²) in [7, 11) is 1.54. The zero-order chi connectivity index (χ0) is 23.7.